The summed E-state index contributed by atoms with van der Waals surface area (Å²) in [4.78, 5) is 28.7. The summed E-state index contributed by atoms with van der Waals surface area (Å²) in [5, 5.41) is 0. The molecule has 2 heterocycles. The van der Waals surface area contributed by atoms with Gasteiger partial charge in [-0.05, 0) is 63.4 Å². The Labute approximate surface area is 160 Å². The van der Waals surface area contributed by atoms with E-state index in [9.17, 15) is 14.0 Å². The van der Waals surface area contributed by atoms with Crippen LogP contribution in [0.25, 0.3) is 0 Å². The fourth-order valence-electron chi connectivity index (χ4n) is 4.13. The van der Waals surface area contributed by atoms with Crippen molar-refractivity contribution < 1.29 is 18.7 Å². The minimum absolute atomic E-state index is 0.0172. The number of ether oxygens (including phenoxy) is 1. The van der Waals surface area contributed by atoms with Gasteiger partial charge in [0.05, 0.1) is 12.5 Å². The van der Waals surface area contributed by atoms with Crippen molar-refractivity contribution in [3.8, 4) is 0 Å². The molecule has 148 valence electrons. The van der Waals surface area contributed by atoms with Crippen LogP contribution in [0.15, 0.2) is 24.3 Å². The summed E-state index contributed by atoms with van der Waals surface area (Å²) >= 11 is 0. The summed E-state index contributed by atoms with van der Waals surface area (Å²) in [6.45, 7) is 5.32. The summed E-state index contributed by atoms with van der Waals surface area (Å²) < 4.78 is 18.2. The molecule has 1 amide bonds. The van der Waals surface area contributed by atoms with Crippen LogP contribution >= 0.6 is 0 Å². The van der Waals surface area contributed by atoms with Crippen molar-refractivity contribution in [3.63, 3.8) is 0 Å². The van der Waals surface area contributed by atoms with Gasteiger partial charge in [0.25, 0.3) is 0 Å². The topological polar surface area (TPSA) is 49.9 Å². The van der Waals surface area contributed by atoms with Crippen molar-refractivity contribution in [2.45, 2.75) is 51.6 Å². The van der Waals surface area contributed by atoms with Crippen LogP contribution in [-0.2, 0) is 20.9 Å². The molecule has 1 unspecified atom stereocenters. The fourth-order valence-corrected chi connectivity index (χ4v) is 4.13. The van der Waals surface area contributed by atoms with Gasteiger partial charge in [-0.3, -0.25) is 9.59 Å². The summed E-state index contributed by atoms with van der Waals surface area (Å²) in [5.74, 6) is -0.141. The molecule has 1 aromatic carbocycles. The van der Waals surface area contributed by atoms with Crippen LogP contribution in [-0.4, -0.2) is 54.0 Å². The summed E-state index contributed by atoms with van der Waals surface area (Å²) in [7, 11) is 0. The number of carbonyl (C=O) groups excluding carboxylic acids is 2. The quantitative estimate of drug-likeness (QED) is 0.742. The van der Waals surface area contributed by atoms with Gasteiger partial charge in [0, 0.05) is 25.6 Å². The molecule has 2 saturated heterocycles. The number of piperidine rings is 1. The maximum Gasteiger partial charge on any atom is 0.309 e. The van der Waals surface area contributed by atoms with Gasteiger partial charge in [-0.25, -0.2) is 4.39 Å². The smallest absolute Gasteiger partial charge is 0.309 e. The molecule has 5 nitrogen and oxygen atoms in total. The van der Waals surface area contributed by atoms with Gasteiger partial charge in [-0.2, -0.15) is 0 Å². The molecule has 2 aliphatic rings. The largest absolute Gasteiger partial charge is 0.466 e. The highest BCUT2D eigenvalue weighted by Gasteiger charge is 2.31. The summed E-state index contributed by atoms with van der Waals surface area (Å²) in [6, 6.07) is 6.74. The Morgan fingerprint density at radius 1 is 1.11 bits per heavy atom. The Balaban J connectivity index is 1.51. The van der Waals surface area contributed by atoms with Crippen molar-refractivity contribution in [1.29, 1.82) is 0 Å². The minimum atomic E-state index is -0.257. The number of nitrogens with zero attached hydrogens (tertiary/aromatic N) is 2. The zero-order chi connectivity index (χ0) is 19.2. The van der Waals surface area contributed by atoms with Gasteiger partial charge < -0.3 is 14.5 Å². The predicted octanol–water partition coefficient (Wildman–Crippen LogP) is 2.98. The van der Waals surface area contributed by atoms with Crippen molar-refractivity contribution in [2.24, 2.45) is 5.92 Å². The highest BCUT2D eigenvalue weighted by molar-refractivity contribution is 5.76. The maximum absolute atomic E-state index is 13.1. The molecular formula is C21H29FN2O3. The van der Waals surface area contributed by atoms with E-state index in [-0.39, 0.29) is 23.6 Å². The third-order valence-corrected chi connectivity index (χ3v) is 5.73. The number of likely N-dealkylation sites (tertiary alicyclic amines) is 2. The Morgan fingerprint density at radius 2 is 1.81 bits per heavy atom. The minimum Gasteiger partial charge on any atom is -0.466 e. The molecule has 2 fully saturated rings. The average Bonchev–Trinajstić information content (AvgIpc) is 2.86. The standard InChI is InChI=1S/C21H29FN2O3/c1-2-27-21(26)17-9-12-23(13-10-17)19-7-8-20(25)24(14-11-19)15-16-3-5-18(22)6-4-16/h3-6,17,19H,2,7-15H2,1H3. The van der Waals surface area contributed by atoms with Crippen LogP contribution in [0.5, 0.6) is 0 Å². The normalized spacial score (nSPS) is 22.5. The van der Waals surface area contributed by atoms with Crippen LogP contribution in [0.2, 0.25) is 0 Å². The first-order chi connectivity index (χ1) is 13.1. The average molecular weight is 376 g/mol. The second-order valence-electron chi connectivity index (χ2n) is 7.49. The highest BCUT2D eigenvalue weighted by Crippen LogP contribution is 2.25. The lowest BCUT2D eigenvalue weighted by Crippen LogP contribution is -2.43. The monoisotopic (exact) mass is 376 g/mol. The lowest BCUT2D eigenvalue weighted by Gasteiger charge is -2.36. The van der Waals surface area contributed by atoms with E-state index in [1.165, 1.54) is 12.1 Å². The first-order valence-electron chi connectivity index (χ1n) is 9.99. The van der Waals surface area contributed by atoms with E-state index >= 15 is 0 Å². The Bertz CT molecular complexity index is 641. The third kappa shape index (κ3) is 5.28. The first kappa shape index (κ1) is 19.8. The maximum atomic E-state index is 13.1. The first-order valence-corrected chi connectivity index (χ1v) is 9.99. The number of hydrogen-bond donors (Lipinski definition) is 0. The molecule has 1 aromatic rings. The molecule has 1 atom stereocenters. The molecule has 27 heavy (non-hydrogen) atoms. The fraction of sp³-hybridized carbons (Fsp3) is 0.619. The zero-order valence-electron chi connectivity index (χ0n) is 16.0. The molecule has 2 aliphatic heterocycles. The molecular weight excluding hydrogens is 347 g/mol. The van der Waals surface area contributed by atoms with Gasteiger partial charge in [-0.15, -0.1) is 0 Å². The SMILES string of the molecule is CCOC(=O)C1CCN(C2CCC(=O)N(Cc3ccc(F)cc3)CC2)CC1. The third-order valence-electron chi connectivity index (χ3n) is 5.73. The number of rotatable bonds is 5. The lowest BCUT2D eigenvalue weighted by molar-refractivity contribution is -0.149. The van der Waals surface area contributed by atoms with E-state index in [0.717, 1.165) is 50.9 Å². The van der Waals surface area contributed by atoms with Crippen LogP contribution in [0, 0.1) is 11.7 Å². The van der Waals surface area contributed by atoms with Gasteiger partial charge >= 0.3 is 5.97 Å². The number of carbonyl (C=O) groups is 2. The molecule has 3 rings (SSSR count). The number of amides is 1. The van der Waals surface area contributed by atoms with E-state index in [1.807, 2.05) is 11.8 Å². The van der Waals surface area contributed by atoms with E-state index in [1.54, 1.807) is 12.1 Å². The highest BCUT2D eigenvalue weighted by atomic mass is 19.1. The molecule has 0 saturated carbocycles. The Kier molecular flexibility index (Phi) is 6.83. The van der Waals surface area contributed by atoms with Crippen LogP contribution in [0.3, 0.4) is 0 Å². The van der Waals surface area contributed by atoms with Gasteiger partial charge in [0.2, 0.25) is 5.91 Å². The van der Waals surface area contributed by atoms with Crippen molar-refractivity contribution in [1.82, 2.24) is 9.80 Å². The predicted molar refractivity (Wildman–Crippen MR) is 100 cm³/mol. The van der Waals surface area contributed by atoms with E-state index < -0.39 is 0 Å². The second kappa shape index (κ2) is 9.31. The van der Waals surface area contributed by atoms with Crippen LogP contribution in [0.1, 0.15) is 44.6 Å². The summed E-state index contributed by atoms with van der Waals surface area (Å²) in [6.07, 6.45) is 4.02. The molecule has 0 radical (unpaired) electrons. The summed E-state index contributed by atoms with van der Waals surface area (Å²) in [5.41, 5.74) is 0.957. The molecule has 0 N–H and O–H groups in total. The van der Waals surface area contributed by atoms with E-state index in [2.05, 4.69) is 4.90 Å². The van der Waals surface area contributed by atoms with Crippen molar-refractivity contribution >= 4 is 11.9 Å². The molecule has 0 aliphatic carbocycles. The molecule has 6 heteroatoms. The van der Waals surface area contributed by atoms with E-state index in [0.29, 0.717) is 25.6 Å². The van der Waals surface area contributed by atoms with Gasteiger partial charge in [0.15, 0.2) is 0 Å². The zero-order valence-corrected chi connectivity index (χ0v) is 16.0. The van der Waals surface area contributed by atoms with Crippen LogP contribution < -0.4 is 0 Å². The van der Waals surface area contributed by atoms with Gasteiger partial charge in [0.1, 0.15) is 5.82 Å². The van der Waals surface area contributed by atoms with Crippen molar-refractivity contribution in [2.75, 3.05) is 26.2 Å². The Hall–Kier alpha value is -1.95. The van der Waals surface area contributed by atoms with Crippen molar-refractivity contribution in [3.05, 3.63) is 35.6 Å². The molecule has 0 aromatic heterocycles. The molecule has 0 spiro atoms. The number of halogens is 1. The van der Waals surface area contributed by atoms with Gasteiger partial charge in [-0.1, -0.05) is 12.1 Å². The lowest BCUT2D eigenvalue weighted by atomic mass is 9.94. The Morgan fingerprint density at radius 3 is 2.48 bits per heavy atom. The van der Waals surface area contributed by atoms with Crippen LogP contribution in [0.4, 0.5) is 4.39 Å². The second-order valence-corrected chi connectivity index (χ2v) is 7.49. The number of benzene rings is 1. The molecule has 0 bridgehead atoms. The number of hydrogen-bond acceptors (Lipinski definition) is 4. The number of esters is 1. The van der Waals surface area contributed by atoms with E-state index in [4.69, 9.17) is 4.74 Å².